The van der Waals surface area contributed by atoms with E-state index in [2.05, 4.69) is 15.0 Å². The Morgan fingerprint density at radius 1 is 1.25 bits per heavy atom. The van der Waals surface area contributed by atoms with Crippen LogP contribution in [-0.2, 0) is 17.2 Å². The highest BCUT2D eigenvalue weighted by molar-refractivity contribution is 7.85. The average Bonchev–Trinajstić information content (AvgIpc) is 2.93. The summed E-state index contributed by atoms with van der Waals surface area (Å²) in [6.07, 6.45) is 5.59. The molecule has 2 aromatic heterocycles. The van der Waals surface area contributed by atoms with Crippen LogP contribution in [-0.4, -0.2) is 26.3 Å². The van der Waals surface area contributed by atoms with Crippen LogP contribution in [0.3, 0.4) is 0 Å². The molecule has 0 fully saturated rings. The van der Waals surface area contributed by atoms with Crippen molar-refractivity contribution in [2.75, 3.05) is 7.11 Å². The van der Waals surface area contributed by atoms with Crippen LogP contribution in [0.25, 0.3) is 11.0 Å². The molecule has 0 aliphatic heterocycles. The van der Waals surface area contributed by atoms with Crippen molar-refractivity contribution >= 4 is 21.8 Å². The molecule has 0 radical (unpaired) electrons. The zero-order valence-electron chi connectivity index (χ0n) is 13.5. The van der Waals surface area contributed by atoms with Crippen molar-refractivity contribution in [1.82, 2.24) is 15.0 Å². The minimum Gasteiger partial charge on any atom is -0.496 e. The van der Waals surface area contributed by atoms with Crippen LogP contribution in [0.1, 0.15) is 35.8 Å². The van der Waals surface area contributed by atoms with Crippen LogP contribution in [0, 0.1) is 0 Å². The Kier molecular flexibility index (Phi) is 4.06. The molecule has 6 heteroatoms. The van der Waals surface area contributed by atoms with E-state index in [4.69, 9.17) is 4.74 Å². The molecule has 1 aromatic carbocycles. The fourth-order valence-corrected chi connectivity index (χ4v) is 4.80. The summed E-state index contributed by atoms with van der Waals surface area (Å²) in [4.78, 5) is 12.3. The lowest BCUT2D eigenvalue weighted by Gasteiger charge is -2.16. The van der Waals surface area contributed by atoms with E-state index in [1.165, 1.54) is 0 Å². The second kappa shape index (κ2) is 6.36. The number of nitrogens with one attached hydrogen (secondary N) is 1. The van der Waals surface area contributed by atoms with Gasteiger partial charge in [-0.2, -0.15) is 0 Å². The molecule has 1 unspecified atom stereocenters. The maximum atomic E-state index is 13.2. The van der Waals surface area contributed by atoms with E-state index in [9.17, 15) is 4.21 Å². The lowest BCUT2D eigenvalue weighted by Crippen LogP contribution is -2.11. The van der Waals surface area contributed by atoms with Gasteiger partial charge in [0, 0.05) is 11.8 Å². The molecule has 4 rings (SSSR count). The maximum Gasteiger partial charge on any atom is 0.198 e. The quantitative estimate of drug-likeness (QED) is 0.740. The summed E-state index contributed by atoms with van der Waals surface area (Å²) < 4.78 is 18.7. The first-order valence-corrected chi connectivity index (χ1v) is 9.36. The van der Waals surface area contributed by atoms with Crippen molar-refractivity contribution in [3.05, 3.63) is 47.8 Å². The summed E-state index contributed by atoms with van der Waals surface area (Å²) in [6, 6.07) is 9.63. The summed E-state index contributed by atoms with van der Waals surface area (Å²) in [6.45, 7) is 0. The smallest absolute Gasteiger partial charge is 0.198 e. The highest BCUT2D eigenvalue weighted by atomic mass is 32.2. The van der Waals surface area contributed by atoms with Crippen molar-refractivity contribution < 1.29 is 8.95 Å². The molecular weight excluding hydrogens is 322 g/mol. The molecule has 0 spiro atoms. The number of hydrogen-bond donors (Lipinski definition) is 1. The Balaban J connectivity index is 1.77. The molecule has 5 nitrogen and oxygen atoms in total. The van der Waals surface area contributed by atoms with Crippen molar-refractivity contribution in [2.24, 2.45) is 0 Å². The molecule has 124 valence electrons. The van der Waals surface area contributed by atoms with E-state index in [-0.39, 0.29) is 5.25 Å². The number of methoxy groups -OCH3 is 1. The first kappa shape index (κ1) is 15.3. The predicted molar refractivity (Wildman–Crippen MR) is 93.6 cm³/mol. The lowest BCUT2D eigenvalue weighted by molar-refractivity contribution is 0.408. The van der Waals surface area contributed by atoms with Crippen molar-refractivity contribution in [2.45, 2.75) is 36.1 Å². The molecule has 1 N–H and O–H groups in total. The van der Waals surface area contributed by atoms with Gasteiger partial charge in [-0.25, -0.2) is 4.98 Å². The Hall–Kier alpha value is -2.21. The number of aromatic amines is 1. The van der Waals surface area contributed by atoms with Gasteiger partial charge in [-0.3, -0.25) is 9.19 Å². The zero-order chi connectivity index (χ0) is 16.5. The number of nitrogens with zero attached hydrogens (tertiary/aromatic N) is 2. The number of H-pyrrole nitrogens is 1. The first-order valence-electron chi connectivity index (χ1n) is 8.15. The van der Waals surface area contributed by atoms with E-state index >= 15 is 0 Å². The minimum absolute atomic E-state index is 0.154. The number of benzene rings is 1. The number of pyridine rings is 1. The number of para-hydroxylation sites is 2. The molecule has 2 atom stereocenters. The van der Waals surface area contributed by atoms with Gasteiger partial charge in [0.2, 0.25) is 0 Å². The van der Waals surface area contributed by atoms with E-state index in [0.29, 0.717) is 5.16 Å². The van der Waals surface area contributed by atoms with Crippen LogP contribution >= 0.6 is 0 Å². The topological polar surface area (TPSA) is 67.9 Å². The fourth-order valence-electron chi connectivity index (χ4n) is 3.35. The molecular formula is C18H19N3O2S. The summed E-state index contributed by atoms with van der Waals surface area (Å²) in [5.74, 6) is 0.841. The van der Waals surface area contributed by atoms with Crippen molar-refractivity contribution in [1.29, 1.82) is 0 Å². The Bertz CT molecular complexity index is 873. The second-order valence-corrected chi connectivity index (χ2v) is 7.52. The van der Waals surface area contributed by atoms with Gasteiger partial charge in [0.25, 0.3) is 0 Å². The van der Waals surface area contributed by atoms with Crippen LogP contribution in [0.15, 0.2) is 41.7 Å². The predicted octanol–water partition coefficient (Wildman–Crippen LogP) is 3.54. The molecule has 0 saturated heterocycles. The van der Waals surface area contributed by atoms with Gasteiger partial charge in [0.1, 0.15) is 5.75 Å². The molecule has 1 aliphatic carbocycles. The number of imidazole rings is 1. The Labute approximate surface area is 142 Å². The van der Waals surface area contributed by atoms with E-state index in [0.717, 1.165) is 53.7 Å². The third kappa shape index (κ3) is 2.60. The Morgan fingerprint density at radius 3 is 2.96 bits per heavy atom. The van der Waals surface area contributed by atoms with Crippen LogP contribution in [0.2, 0.25) is 0 Å². The summed E-state index contributed by atoms with van der Waals surface area (Å²) in [5, 5.41) is 0.372. The number of fused-ring (bicyclic) bond motifs is 2. The normalized spacial score (nSPS) is 18.8. The molecule has 0 bridgehead atoms. The van der Waals surface area contributed by atoms with E-state index in [1.807, 2.05) is 30.3 Å². The summed E-state index contributed by atoms with van der Waals surface area (Å²) in [7, 11) is 0.402. The van der Waals surface area contributed by atoms with Crippen LogP contribution < -0.4 is 4.74 Å². The summed E-state index contributed by atoms with van der Waals surface area (Å²) in [5.41, 5.74) is 3.74. The van der Waals surface area contributed by atoms with Crippen molar-refractivity contribution in [3.63, 3.8) is 0 Å². The third-order valence-corrected chi connectivity index (χ3v) is 6.08. The fraction of sp³-hybridized carbons (Fsp3) is 0.333. The SMILES string of the molecule is COc1ccnc2c1CCCCC2[S@](=O)c1nc2ccccc2[nH]1. The standard InChI is InChI=1S/C18H19N3O2S/c1-23-15-10-11-19-17-12(15)6-2-5-9-16(17)24(22)18-20-13-7-3-4-8-14(13)21-18/h3-4,7-8,10-11,16H,2,5-6,9H2,1H3,(H,20,21)/t16?,24-/m0/s1. The van der Waals surface area contributed by atoms with Crippen LogP contribution in [0.4, 0.5) is 0 Å². The monoisotopic (exact) mass is 341 g/mol. The molecule has 0 amide bonds. The lowest BCUT2D eigenvalue weighted by atomic mass is 10.1. The van der Waals surface area contributed by atoms with Gasteiger partial charge in [-0.05, 0) is 37.5 Å². The van der Waals surface area contributed by atoms with Gasteiger partial charge in [0.05, 0.1) is 39.9 Å². The number of rotatable bonds is 3. The van der Waals surface area contributed by atoms with Gasteiger partial charge >= 0.3 is 0 Å². The van der Waals surface area contributed by atoms with E-state index < -0.39 is 10.8 Å². The van der Waals surface area contributed by atoms with E-state index in [1.54, 1.807) is 13.3 Å². The van der Waals surface area contributed by atoms with Gasteiger partial charge in [-0.1, -0.05) is 18.6 Å². The van der Waals surface area contributed by atoms with Gasteiger partial charge in [-0.15, -0.1) is 0 Å². The highest BCUT2D eigenvalue weighted by Crippen LogP contribution is 2.37. The molecule has 2 heterocycles. The molecule has 24 heavy (non-hydrogen) atoms. The van der Waals surface area contributed by atoms with Gasteiger partial charge < -0.3 is 9.72 Å². The molecule has 0 saturated carbocycles. The largest absolute Gasteiger partial charge is 0.496 e. The first-order chi connectivity index (χ1) is 11.8. The highest BCUT2D eigenvalue weighted by Gasteiger charge is 2.29. The zero-order valence-corrected chi connectivity index (χ0v) is 14.3. The average molecular weight is 341 g/mol. The number of ether oxygens (including phenoxy) is 1. The number of hydrogen-bond acceptors (Lipinski definition) is 4. The van der Waals surface area contributed by atoms with Crippen LogP contribution in [0.5, 0.6) is 5.75 Å². The third-order valence-electron chi connectivity index (χ3n) is 4.53. The number of aromatic nitrogens is 3. The molecule has 3 aromatic rings. The minimum atomic E-state index is -1.27. The maximum absolute atomic E-state index is 13.2. The van der Waals surface area contributed by atoms with Gasteiger partial charge in [0.15, 0.2) is 5.16 Å². The summed E-state index contributed by atoms with van der Waals surface area (Å²) >= 11 is 0. The second-order valence-electron chi connectivity index (χ2n) is 5.97. The molecule has 1 aliphatic rings. The Morgan fingerprint density at radius 2 is 2.12 bits per heavy atom. The van der Waals surface area contributed by atoms with Crippen molar-refractivity contribution in [3.8, 4) is 5.75 Å².